The number of rotatable bonds is 3. The van der Waals surface area contributed by atoms with Gasteiger partial charge in [-0.15, -0.1) is 11.3 Å². The standard InChI is InChI=1S/C11H11ClN4S/c12-10-2-1-9(17-10)7-3-14-11(15-4-7)16-8-5-13-6-8/h1-4,8,13H,5-6H2,(H,14,15,16). The van der Waals surface area contributed by atoms with Crippen molar-refractivity contribution in [1.82, 2.24) is 15.3 Å². The fourth-order valence-electron chi connectivity index (χ4n) is 1.57. The Hall–Kier alpha value is -1.17. The molecule has 1 aliphatic rings. The molecular weight excluding hydrogens is 256 g/mol. The van der Waals surface area contributed by atoms with Gasteiger partial charge < -0.3 is 10.6 Å². The number of hydrogen-bond donors (Lipinski definition) is 2. The summed E-state index contributed by atoms with van der Waals surface area (Å²) >= 11 is 7.43. The highest BCUT2D eigenvalue weighted by molar-refractivity contribution is 7.19. The minimum Gasteiger partial charge on any atom is -0.349 e. The maximum atomic E-state index is 5.90. The molecule has 0 atom stereocenters. The third-order valence-electron chi connectivity index (χ3n) is 2.62. The fraction of sp³-hybridized carbons (Fsp3) is 0.273. The van der Waals surface area contributed by atoms with Crippen LogP contribution in [-0.4, -0.2) is 29.1 Å². The molecule has 17 heavy (non-hydrogen) atoms. The van der Waals surface area contributed by atoms with E-state index in [1.54, 1.807) is 0 Å². The molecule has 0 bridgehead atoms. The average Bonchev–Trinajstić information content (AvgIpc) is 2.71. The van der Waals surface area contributed by atoms with E-state index < -0.39 is 0 Å². The number of thiophene rings is 1. The Morgan fingerprint density at radius 1 is 1.29 bits per heavy atom. The molecule has 0 radical (unpaired) electrons. The van der Waals surface area contributed by atoms with Crippen LogP contribution in [0.15, 0.2) is 24.5 Å². The zero-order valence-electron chi connectivity index (χ0n) is 8.98. The molecule has 3 heterocycles. The van der Waals surface area contributed by atoms with Crippen LogP contribution in [0.25, 0.3) is 10.4 Å². The topological polar surface area (TPSA) is 49.8 Å². The van der Waals surface area contributed by atoms with Gasteiger partial charge in [0.2, 0.25) is 5.95 Å². The van der Waals surface area contributed by atoms with Gasteiger partial charge in [0.15, 0.2) is 0 Å². The summed E-state index contributed by atoms with van der Waals surface area (Å²) in [5.74, 6) is 0.683. The second kappa shape index (κ2) is 4.60. The zero-order chi connectivity index (χ0) is 11.7. The minimum atomic E-state index is 0.456. The van der Waals surface area contributed by atoms with Crippen molar-refractivity contribution in [3.63, 3.8) is 0 Å². The maximum absolute atomic E-state index is 5.90. The third kappa shape index (κ3) is 2.41. The van der Waals surface area contributed by atoms with Crippen LogP contribution >= 0.6 is 22.9 Å². The van der Waals surface area contributed by atoms with Crippen molar-refractivity contribution in [1.29, 1.82) is 0 Å². The normalized spacial score (nSPS) is 15.6. The predicted octanol–water partition coefficient (Wildman–Crippen LogP) is 2.24. The Kier molecular flexibility index (Phi) is 2.96. The molecule has 2 aromatic heterocycles. The summed E-state index contributed by atoms with van der Waals surface area (Å²) in [6, 6.07) is 4.32. The van der Waals surface area contributed by atoms with Crippen LogP contribution in [0.1, 0.15) is 0 Å². The molecule has 88 valence electrons. The first-order chi connectivity index (χ1) is 8.31. The van der Waals surface area contributed by atoms with Crippen molar-refractivity contribution in [3.05, 3.63) is 28.9 Å². The van der Waals surface area contributed by atoms with Crippen LogP contribution in [0.3, 0.4) is 0 Å². The van der Waals surface area contributed by atoms with Crippen molar-refractivity contribution in [2.75, 3.05) is 18.4 Å². The van der Waals surface area contributed by atoms with E-state index in [0.29, 0.717) is 12.0 Å². The number of hydrogen-bond acceptors (Lipinski definition) is 5. The molecule has 2 aromatic rings. The summed E-state index contributed by atoms with van der Waals surface area (Å²) in [6.45, 7) is 1.96. The second-order valence-corrected chi connectivity index (χ2v) is 5.61. The minimum absolute atomic E-state index is 0.456. The zero-order valence-corrected chi connectivity index (χ0v) is 10.6. The Morgan fingerprint density at radius 2 is 2.06 bits per heavy atom. The first-order valence-corrected chi connectivity index (χ1v) is 6.56. The molecule has 0 amide bonds. The summed E-state index contributed by atoms with van der Waals surface area (Å²) in [4.78, 5) is 9.69. The lowest BCUT2D eigenvalue weighted by atomic mass is 10.2. The van der Waals surface area contributed by atoms with Crippen LogP contribution in [0.5, 0.6) is 0 Å². The Balaban J connectivity index is 1.75. The van der Waals surface area contributed by atoms with E-state index in [1.807, 2.05) is 24.5 Å². The molecule has 0 aliphatic carbocycles. The SMILES string of the molecule is Clc1ccc(-c2cnc(NC3CNC3)nc2)s1. The van der Waals surface area contributed by atoms with Gasteiger partial charge in [-0.05, 0) is 12.1 Å². The Morgan fingerprint density at radius 3 is 2.59 bits per heavy atom. The molecule has 6 heteroatoms. The number of nitrogens with zero attached hydrogens (tertiary/aromatic N) is 2. The maximum Gasteiger partial charge on any atom is 0.222 e. The average molecular weight is 267 g/mol. The van der Waals surface area contributed by atoms with E-state index in [2.05, 4.69) is 20.6 Å². The van der Waals surface area contributed by atoms with Gasteiger partial charge in [-0.2, -0.15) is 0 Å². The molecular formula is C11H11ClN4S. The van der Waals surface area contributed by atoms with Crippen LogP contribution in [0.4, 0.5) is 5.95 Å². The lowest BCUT2D eigenvalue weighted by Gasteiger charge is -2.27. The first kappa shape index (κ1) is 11.0. The van der Waals surface area contributed by atoms with E-state index in [9.17, 15) is 0 Å². The molecule has 0 aromatic carbocycles. The molecule has 1 aliphatic heterocycles. The van der Waals surface area contributed by atoms with Crippen molar-refractivity contribution in [2.24, 2.45) is 0 Å². The number of anilines is 1. The number of nitrogens with one attached hydrogen (secondary N) is 2. The highest BCUT2D eigenvalue weighted by Gasteiger charge is 2.16. The predicted molar refractivity (Wildman–Crippen MR) is 70.6 cm³/mol. The van der Waals surface area contributed by atoms with Gasteiger partial charge in [-0.25, -0.2) is 9.97 Å². The largest absolute Gasteiger partial charge is 0.349 e. The van der Waals surface area contributed by atoms with Crippen molar-refractivity contribution < 1.29 is 0 Å². The lowest BCUT2D eigenvalue weighted by molar-refractivity contribution is 0.470. The Labute approximate surface area is 108 Å². The van der Waals surface area contributed by atoms with Gasteiger partial charge in [0, 0.05) is 35.9 Å². The van der Waals surface area contributed by atoms with Crippen molar-refractivity contribution in [2.45, 2.75) is 6.04 Å². The van der Waals surface area contributed by atoms with E-state index in [4.69, 9.17) is 11.6 Å². The Bertz CT molecular complexity index is 506. The van der Waals surface area contributed by atoms with Gasteiger partial charge in [0.05, 0.1) is 10.4 Å². The molecule has 1 fully saturated rings. The van der Waals surface area contributed by atoms with Gasteiger partial charge in [0.1, 0.15) is 0 Å². The summed E-state index contributed by atoms with van der Waals surface area (Å²) in [6.07, 6.45) is 3.65. The van der Waals surface area contributed by atoms with Gasteiger partial charge in [0.25, 0.3) is 0 Å². The summed E-state index contributed by atoms with van der Waals surface area (Å²) in [5.41, 5.74) is 0.999. The number of aromatic nitrogens is 2. The second-order valence-electron chi connectivity index (χ2n) is 3.90. The summed E-state index contributed by atoms with van der Waals surface area (Å²) < 4.78 is 0.780. The quantitative estimate of drug-likeness (QED) is 0.895. The molecule has 4 nitrogen and oxygen atoms in total. The molecule has 0 spiro atoms. The highest BCUT2D eigenvalue weighted by atomic mass is 35.5. The molecule has 2 N–H and O–H groups in total. The fourth-order valence-corrected chi connectivity index (χ4v) is 2.59. The van der Waals surface area contributed by atoms with E-state index in [-0.39, 0.29) is 0 Å². The van der Waals surface area contributed by atoms with Gasteiger partial charge in [-0.3, -0.25) is 0 Å². The van der Waals surface area contributed by atoms with Crippen molar-refractivity contribution in [3.8, 4) is 10.4 Å². The molecule has 0 unspecified atom stereocenters. The summed E-state index contributed by atoms with van der Waals surface area (Å²) in [7, 11) is 0. The van der Waals surface area contributed by atoms with E-state index in [1.165, 1.54) is 11.3 Å². The summed E-state index contributed by atoms with van der Waals surface area (Å²) in [5, 5.41) is 6.45. The monoisotopic (exact) mass is 266 g/mol. The van der Waals surface area contributed by atoms with Crippen molar-refractivity contribution >= 4 is 28.9 Å². The lowest BCUT2D eigenvalue weighted by Crippen LogP contribution is -2.51. The molecule has 1 saturated heterocycles. The number of halogens is 1. The third-order valence-corrected chi connectivity index (χ3v) is 3.90. The van der Waals surface area contributed by atoms with Crippen LogP contribution < -0.4 is 10.6 Å². The van der Waals surface area contributed by atoms with Gasteiger partial charge >= 0.3 is 0 Å². The molecule has 3 rings (SSSR count). The van der Waals surface area contributed by atoms with Crippen LogP contribution in [0, 0.1) is 0 Å². The van der Waals surface area contributed by atoms with E-state index in [0.717, 1.165) is 27.9 Å². The van der Waals surface area contributed by atoms with Crippen LogP contribution in [0.2, 0.25) is 4.34 Å². The van der Waals surface area contributed by atoms with Gasteiger partial charge in [-0.1, -0.05) is 11.6 Å². The van der Waals surface area contributed by atoms with E-state index >= 15 is 0 Å². The smallest absolute Gasteiger partial charge is 0.222 e. The molecule has 0 saturated carbocycles. The highest BCUT2D eigenvalue weighted by Crippen LogP contribution is 2.30. The first-order valence-electron chi connectivity index (χ1n) is 5.36. The van der Waals surface area contributed by atoms with Crippen LogP contribution in [-0.2, 0) is 0 Å².